The lowest BCUT2D eigenvalue weighted by Gasteiger charge is -2.48. The van der Waals surface area contributed by atoms with Crippen LogP contribution in [0.3, 0.4) is 0 Å². The number of carboxylic acid groups (broad SMARTS) is 1. The van der Waals surface area contributed by atoms with E-state index in [0.29, 0.717) is 5.92 Å². The van der Waals surface area contributed by atoms with Gasteiger partial charge in [-0.25, -0.2) is 0 Å². The maximum atomic E-state index is 10.6. The van der Waals surface area contributed by atoms with Crippen LogP contribution in [0.5, 0.6) is 0 Å². The third-order valence-electron chi connectivity index (χ3n) is 3.30. The van der Waals surface area contributed by atoms with Crippen molar-refractivity contribution in [1.82, 2.24) is 4.90 Å². The molecule has 4 heteroatoms. The zero-order valence-electron chi connectivity index (χ0n) is 7.52. The fourth-order valence-electron chi connectivity index (χ4n) is 2.55. The van der Waals surface area contributed by atoms with E-state index in [1.807, 2.05) is 0 Å². The Balaban J connectivity index is 2.05. The lowest BCUT2D eigenvalue weighted by Crippen LogP contribution is -2.58. The number of aliphatic carboxylic acids is 1. The quantitative estimate of drug-likeness (QED) is 0.631. The Morgan fingerprint density at radius 3 is 2.46 bits per heavy atom. The minimum Gasteiger partial charge on any atom is -0.481 e. The molecule has 2 atom stereocenters. The van der Waals surface area contributed by atoms with Crippen molar-refractivity contribution in [3.05, 3.63) is 0 Å². The molecule has 3 heterocycles. The minimum atomic E-state index is -0.809. The molecule has 3 aliphatic heterocycles. The summed E-state index contributed by atoms with van der Waals surface area (Å²) in [6, 6.07) is -0.134. The average molecular weight is 185 g/mol. The van der Waals surface area contributed by atoms with Crippen molar-refractivity contribution in [3.63, 3.8) is 0 Å². The zero-order chi connectivity index (χ0) is 9.42. The van der Waals surface area contributed by atoms with Crippen molar-refractivity contribution in [2.75, 3.05) is 13.1 Å². The van der Waals surface area contributed by atoms with Gasteiger partial charge in [-0.3, -0.25) is 9.69 Å². The van der Waals surface area contributed by atoms with Crippen molar-refractivity contribution in [2.24, 2.45) is 5.92 Å². The van der Waals surface area contributed by atoms with Gasteiger partial charge in [0.1, 0.15) is 0 Å². The average Bonchev–Trinajstić information content (AvgIpc) is 2.11. The molecule has 0 saturated carbocycles. The molecule has 3 aliphatic rings. The Kier molecular flexibility index (Phi) is 2.26. The fraction of sp³-hybridized carbons (Fsp3) is 0.889. The van der Waals surface area contributed by atoms with E-state index in [1.54, 1.807) is 0 Å². The van der Waals surface area contributed by atoms with Gasteiger partial charge in [-0.15, -0.1) is 0 Å². The molecule has 3 fully saturated rings. The Morgan fingerprint density at radius 1 is 1.38 bits per heavy atom. The maximum absolute atomic E-state index is 10.6. The van der Waals surface area contributed by atoms with Crippen LogP contribution in [-0.2, 0) is 4.79 Å². The van der Waals surface area contributed by atoms with E-state index in [0.717, 1.165) is 25.9 Å². The monoisotopic (exact) mass is 185 g/mol. The molecule has 74 valence electrons. The second kappa shape index (κ2) is 3.27. The van der Waals surface area contributed by atoms with E-state index in [4.69, 9.17) is 5.11 Å². The number of nitrogens with zero attached hydrogens (tertiary/aromatic N) is 1. The number of carbonyl (C=O) groups is 1. The first-order valence-electron chi connectivity index (χ1n) is 4.82. The maximum Gasteiger partial charge on any atom is 0.305 e. The molecule has 0 aliphatic carbocycles. The summed E-state index contributed by atoms with van der Waals surface area (Å²) in [4.78, 5) is 12.7. The smallest absolute Gasteiger partial charge is 0.305 e. The first-order chi connectivity index (χ1) is 6.18. The molecule has 3 rings (SSSR count). The van der Waals surface area contributed by atoms with Gasteiger partial charge in [0.05, 0.1) is 12.5 Å². The van der Waals surface area contributed by atoms with Crippen LogP contribution in [0.2, 0.25) is 0 Å². The Labute approximate surface area is 77.2 Å². The molecule has 0 spiro atoms. The molecule has 2 bridgehead atoms. The summed E-state index contributed by atoms with van der Waals surface area (Å²) in [5, 5.41) is 18.5. The van der Waals surface area contributed by atoms with Crippen molar-refractivity contribution >= 4 is 5.97 Å². The molecular weight excluding hydrogens is 170 g/mol. The summed E-state index contributed by atoms with van der Waals surface area (Å²) < 4.78 is 0. The summed E-state index contributed by atoms with van der Waals surface area (Å²) in [5.74, 6) is -0.467. The molecule has 0 radical (unpaired) electrons. The van der Waals surface area contributed by atoms with Gasteiger partial charge in [0.2, 0.25) is 0 Å². The normalized spacial score (nSPS) is 43.5. The summed E-state index contributed by atoms with van der Waals surface area (Å²) in [7, 11) is 0. The Morgan fingerprint density at radius 2 is 2.00 bits per heavy atom. The van der Waals surface area contributed by atoms with Crippen molar-refractivity contribution in [1.29, 1.82) is 0 Å². The van der Waals surface area contributed by atoms with Crippen LogP contribution in [-0.4, -0.2) is 46.3 Å². The number of aliphatic hydroxyl groups excluding tert-OH is 1. The highest BCUT2D eigenvalue weighted by molar-refractivity contribution is 5.67. The van der Waals surface area contributed by atoms with E-state index in [2.05, 4.69) is 4.90 Å². The molecule has 0 amide bonds. The molecule has 2 unspecified atom stereocenters. The lowest BCUT2D eigenvalue weighted by atomic mass is 9.79. The van der Waals surface area contributed by atoms with Gasteiger partial charge in [0.15, 0.2) is 0 Å². The number of aliphatic hydroxyl groups is 1. The molecular formula is C9H15NO3. The van der Waals surface area contributed by atoms with Gasteiger partial charge in [0, 0.05) is 6.04 Å². The predicted molar refractivity (Wildman–Crippen MR) is 46.3 cm³/mol. The lowest BCUT2D eigenvalue weighted by molar-refractivity contribution is -0.143. The Bertz CT molecular complexity index is 209. The number of hydrogen-bond donors (Lipinski definition) is 2. The summed E-state index contributed by atoms with van der Waals surface area (Å²) in [5.41, 5.74) is 0. The molecule has 13 heavy (non-hydrogen) atoms. The predicted octanol–water partition coefficient (Wildman–Crippen LogP) is -0.0838. The topological polar surface area (TPSA) is 60.8 Å². The second-order valence-electron chi connectivity index (χ2n) is 4.03. The minimum absolute atomic E-state index is 0.0810. The highest BCUT2D eigenvalue weighted by Gasteiger charge is 2.41. The van der Waals surface area contributed by atoms with Crippen LogP contribution in [0.1, 0.15) is 19.3 Å². The van der Waals surface area contributed by atoms with Crippen LogP contribution in [0.4, 0.5) is 0 Å². The number of carboxylic acids is 1. The van der Waals surface area contributed by atoms with E-state index in [9.17, 15) is 9.90 Å². The largest absolute Gasteiger partial charge is 0.481 e. The van der Waals surface area contributed by atoms with Gasteiger partial charge in [-0.05, 0) is 31.8 Å². The van der Waals surface area contributed by atoms with E-state index >= 15 is 0 Å². The fourth-order valence-corrected chi connectivity index (χ4v) is 2.55. The standard InChI is InChI=1S/C9H15NO3/c11-8(12)5-7-9(13)6-1-3-10(7)4-2-6/h6-7,9,13H,1-5H2,(H,11,12). The molecule has 4 nitrogen and oxygen atoms in total. The van der Waals surface area contributed by atoms with Crippen LogP contribution in [0.25, 0.3) is 0 Å². The summed E-state index contributed by atoms with van der Waals surface area (Å²) >= 11 is 0. The summed E-state index contributed by atoms with van der Waals surface area (Å²) in [6.07, 6.45) is 1.71. The van der Waals surface area contributed by atoms with Gasteiger partial charge >= 0.3 is 5.97 Å². The molecule has 0 aromatic carbocycles. The van der Waals surface area contributed by atoms with E-state index in [1.165, 1.54) is 0 Å². The number of rotatable bonds is 2. The van der Waals surface area contributed by atoms with E-state index in [-0.39, 0.29) is 12.5 Å². The van der Waals surface area contributed by atoms with Gasteiger partial charge in [-0.2, -0.15) is 0 Å². The first-order valence-corrected chi connectivity index (χ1v) is 4.82. The van der Waals surface area contributed by atoms with Crippen LogP contribution < -0.4 is 0 Å². The first kappa shape index (κ1) is 8.97. The van der Waals surface area contributed by atoms with Crippen LogP contribution in [0, 0.1) is 5.92 Å². The third-order valence-corrected chi connectivity index (χ3v) is 3.30. The van der Waals surface area contributed by atoms with Crippen LogP contribution in [0.15, 0.2) is 0 Å². The van der Waals surface area contributed by atoms with Gasteiger partial charge < -0.3 is 10.2 Å². The SMILES string of the molecule is O=C(O)CC1C(O)C2CCN1CC2. The van der Waals surface area contributed by atoms with Crippen molar-refractivity contribution in [2.45, 2.75) is 31.4 Å². The highest BCUT2D eigenvalue weighted by Crippen LogP contribution is 2.33. The number of hydrogen-bond acceptors (Lipinski definition) is 3. The zero-order valence-corrected chi connectivity index (χ0v) is 7.52. The highest BCUT2D eigenvalue weighted by atomic mass is 16.4. The molecule has 0 aromatic rings. The Hall–Kier alpha value is -0.610. The molecule has 0 aromatic heterocycles. The van der Waals surface area contributed by atoms with Gasteiger partial charge in [-0.1, -0.05) is 0 Å². The molecule has 3 saturated heterocycles. The number of piperidine rings is 3. The summed E-state index contributed by atoms with van der Waals surface area (Å²) in [6.45, 7) is 1.92. The number of fused-ring (bicyclic) bond motifs is 3. The van der Waals surface area contributed by atoms with Crippen molar-refractivity contribution < 1.29 is 15.0 Å². The third kappa shape index (κ3) is 1.56. The second-order valence-corrected chi connectivity index (χ2v) is 4.03. The van der Waals surface area contributed by atoms with E-state index < -0.39 is 12.1 Å². The molecule has 2 N–H and O–H groups in total. The van der Waals surface area contributed by atoms with Gasteiger partial charge in [0.25, 0.3) is 0 Å². The van der Waals surface area contributed by atoms with Crippen LogP contribution >= 0.6 is 0 Å². The van der Waals surface area contributed by atoms with Crippen molar-refractivity contribution in [3.8, 4) is 0 Å².